The van der Waals surface area contributed by atoms with Crippen molar-refractivity contribution in [2.75, 3.05) is 12.3 Å². The highest BCUT2D eigenvalue weighted by Crippen LogP contribution is 2.24. The van der Waals surface area contributed by atoms with Crippen LogP contribution in [-0.4, -0.2) is 53.9 Å². The van der Waals surface area contributed by atoms with E-state index in [9.17, 15) is 18.0 Å². The van der Waals surface area contributed by atoms with Crippen LogP contribution in [0.5, 0.6) is 0 Å². The molecule has 0 saturated heterocycles. The van der Waals surface area contributed by atoms with Crippen molar-refractivity contribution in [1.82, 2.24) is 20.2 Å². The average molecular weight is 482 g/mol. The van der Waals surface area contributed by atoms with Gasteiger partial charge in [0.15, 0.2) is 0 Å². The van der Waals surface area contributed by atoms with Crippen molar-refractivity contribution in [2.45, 2.75) is 58.0 Å². The molecule has 2 aromatic rings. The Kier molecular flexibility index (Phi) is 9.95. The van der Waals surface area contributed by atoms with Gasteiger partial charge in [0.2, 0.25) is 21.7 Å². The summed E-state index contributed by atoms with van der Waals surface area (Å²) >= 11 is 0. The van der Waals surface area contributed by atoms with Crippen molar-refractivity contribution < 1.29 is 27.6 Å². The van der Waals surface area contributed by atoms with E-state index < -0.39 is 34.0 Å². The van der Waals surface area contributed by atoms with Gasteiger partial charge in [-0.25, -0.2) is 13.1 Å². The monoisotopic (exact) mass is 481 g/mol. The second kappa shape index (κ2) is 12.4. The second-order valence-electron chi connectivity index (χ2n) is 7.70. The van der Waals surface area contributed by atoms with E-state index >= 15 is 0 Å². The lowest BCUT2D eigenvalue weighted by Crippen LogP contribution is -2.38. The Bertz CT molecular complexity index is 1040. The molecule has 12 heteroatoms. The van der Waals surface area contributed by atoms with Gasteiger partial charge in [0.05, 0.1) is 5.75 Å². The van der Waals surface area contributed by atoms with Crippen LogP contribution in [0, 0.1) is 0 Å². The maximum absolute atomic E-state index is 12.4. The zero-order valence-electron chi connectivity index (χ0n) is 18.8. The number of aliphatic carboxylic acids is 1. The van der Waals surface area contributed by atoms with Gasteiger partial charge in [0.1, 0.15) is 12.1 Å². The number of nitrogens with zero attached hydrogens (tertiary/aromatic N) is 2. The summed E-state index contributed by atoms with van der Waals surface area (Å²) in [6.07, 6.45) is 3.13. The summed E-state index contributed by atoms with van der Waals surface area (Å²) in [4.78, 5) is 27.6. The molecule has 1 aromatic carbocycles. The van der Waals surface area contributed by atoms with E-state index in [0.717, 1.165) is 12.8 Å². The number of unbranched alkanes of at least 4 members (excludes halogenated alkanes) is 2. The molecule has 5 N–H and O–H groups in total. The highest BCUT2D eigenvalue weighted by Gasteiger charge is 2.25. The number of amides is 1. The fourth-order valence-electron chi connectivity index (χ4n) is 2.97. The molecule has 0 saturated carbocycles. The van der Waals surface area contributed by atoms with Gasteiger partial charge in [-0.05, 0) is 44.9 Å². The van der Waals surface area contributed by atoms with Crippen molar-refractivity contribution in [3.05, 3.63) is 35.7 Å². The van der Waals surface area contributed by atoms with E-state index in [4.69, 9.17) is 15.4 Å². The molecule has 0 aliphatic rings. The highest BCUT2D eigenvalue weighted by atomic mass is 32.2. The summed E-state index contributed by atoms with van der Waals surface area (Å²) in [6.45, 7) is 3.76. The van der Waals surface area contributed by atoms with Crippen molar-refractivity contribution in [3.63, 3.8) is 0 Å². The number of sulfonamides is 1. The summed E-state index contributed by atoms with van der Waals surface area (Å²) < 4.78 is 32.9. The van der Waals surface area contributed by atoms with Crippen LogP contribution in [0.1, 0.15) is 68.2 Å². The zero-order valence-corrected chi connectivity index (χ0v) is 19.6. The summed E-state index contributed by atoms with van der Waals surface area (Å²) in [5, 5.41) is 15.3. The molecular weight excluding hydrogens is 450 g/mol. The van der Waals surface area contributed by atoms with Crippen molar-refractivity contribution in [3.8, 4) is 11.4 Å². The molecule has 2 unspecified atom stereocenters. The molecule has 0 aliphatic carbocycles. The maximum atomic E-state index is 12.4. The zero-order chi connectivity index (χ0) is 24.4. The first-order valence-electron chi connectivity index (χ1n) is 10.8. The van der Waals surface area contributed by atoms with Crippen molar-refractivity contribution in [2.24, 2.45) is 5.73 Å². The van der Waals surface area contributed by atoms with Gasteiger partial charge in [-0.15, -0.1) is 0 Å². The van der Waals surface area contributed by atoms with Crippen LogP contribution in [0.15, 0.2) is 28.8 Å². The number of carboxylic acids is 1. The molecule has 182 valence electrons. The minimum Gasteiger partial charge on any atom is -0.480 e. The van der Waals surface area contributed by atoms with Crippen LogP contribution in [0.4, 0.5) is 0 Å². The second-order valence-corrected chi connectivity index (χ2v) is 9.57. The number of carbonyl (C=O) groups excluding carboxylic acids is 1. The fourth-order valence-corrected chi connectivity index (χ4v) is 4.41. The summed E-state index contributed by atoms with van der Waals surface area (Å²) in [5.74, 6) is -1.40. The lowest BCUT2D eigenvalue weighted by Gasteiger charge is -2.15. The third kappa shape index (κ3) is 8.22. The van der Waals surface area contributed by atoms with E-state index in [1.165, 1.54) is 19.1 Å². The van der Waals surface area contributed by atoms with Crippen LogP contribution in [0.25, 0.3) is 11.4 Å². The smallest absolute Gasteiger partial charge is 0.325 e. The minimum atomic E-state index is -3.53. The Labute approximate surface area is 193 Å². The summed E-state index contributed by atoms with van der Waals surface area (Å²) in [5.41, 5.74) is 6.25. The minimum absolute atomic E-state index is 0.00378. The lowest BCUT2D eigenvalue weighted by atomic mass is 10.1. The molecule has 33 heavy (non-hydrogen) atoms. The van der Waals surface area contributed by atoms with Crippen LogP contribution in [-0.2, 0) is 14.8 Å². The number of benzene rings is 1. The van der Waals surface area contributed by atoms with Crippen molar-refractivity contribution >= 4 is 21.9 Å². The van der Waals surface area contributed by atoms with Gasteiger partial charge < -0.3 is 20.7 Å². The van der Waals surface area contributed by atoms with E-state index in [1.807, 2.05) is 6.92 Å². The highest BCUT2D eigenvalue weighted by molar-refractivity contribution is 7.89. The molecule has 2 atom stereocenters. The molecule has 2 rings (SSSR count). The molecule has 1 aromatic heterocycles. The molecular formula is C21H31N5O6S. The van der Waals surface area contributed by atoms with Crippen LogP contribution in [0.2, 0.25) is 0 Å². The number of carboxylic acid groups (broad SMARTS) is 1. The quantitative estimate of drug-likeness (QED) is 0.293. The summed E-state index contributed by atoms with van der Waals surface area (Å²) in [7, 11) is -3.53. The Hall–Kier alpha value is -2.83. The molecule has 0 fully saturated rings. The molecule has 0 bridgehead atoms. The van der Waals surface area contributed by atoms with Crippen molar-refractivity contribution in [1.29, 1.82) is 0 Å². The maximum Gasteiger partial charge on any atom is 0.325 e. The Morgan fingerprint density at radius 1 is 1.24 bits per heavy atom. The topological polar surface area (TPSA) is 178 Å². The Balaban J connectivity index is 2.23. The van der Waals surface area contributed by atoms with Gasteiger partial charge in [-0.2, -0.15) is 4.98 Å². The Morgan fingerprint density at radius 3 is 2.67 bits per heavy atom. The Morgan fingerprint density at radius 2 is 2.00 bits per heavy atom. The standard InChI is InChI=1S/C21H31N5O6S/c1-3-4-12-33(30,31)26-17(10-5-6-11-22)20-24-18(25-32-20)15-8-7-9-16(13-15)19(27)23-14(2)21(28)29/h7-9,13-14,17,26H,3-6,10-12,22H2,1-2H3,(H,23,27)(H,28,29). The molecule has 0 spiro atoms. The number of carbonyl (C=O) groups is 2. The van der Waals surface area contributed by atoms with Gasteiger partial charge >= 0.3 is 5.97 Å². The first-order valence-corrected chi connectivity index (χ1v) is 12.5. The lowest BCUT2D eigenvalue weighted by molar-refractivity contribution is -0.138. The van der Waals surface area contributed by atoms with E-state index in [1.54, 1.807) is 12.1 Å². The van der Waals surface area contributed by atoms with Gasteiger partial charge in [0.25, 0.3) is 5.91 Å². The third-order valence-electron chi connectivity index (χ3n) is 4.88. The number of hydrogen-bond donors (Lipinski definition) is 4. The SMILES string of the molecule is CCCCS(=O)(=O)NC(CCCCN)c1nc(-c2cccc(C(=O)NC(C)C(=O)O)c2)no1. The van der Waals surface area contributed by atoms with Crippen LogP contribution >= 0.6 is 0 Å². The van der Waals surface area contributed by atoms with E-state index in [-0.39, 0.29) is 23.0 Å². The predicted octanol–water partition coefficient (Wildman–Crippen LogP) is 1.83. The first-order chi connectivity index (χ1) is 15.7. The van der Waals surface area contributed by atoms with Gasteiger partial charge in [-0.3, -0.25) is 9.59 Å². The van der Waals surface area contributed by atoms with Gasteiger partial charge in [-0.1, -0.05) is 37.1 Å². The number of rotatable bonds is 14. The van der Waals surface area contributed by atoms with E-state index in [0.29, 0.717) is 31.4 Å². The fraction of sp³-hybridized carbons (Fsp3) is 0.524. The molecule has 0 aliphatic heterocycles. The molecule has 1 heterocycles. The molecule has 1 amide bonds. The number of aromatic nitrogens is 2. The molecule has 0 radical (unpaired) electrons. The number of nitrogens with one attached hydrogen (secondary N) is 2. The van der Waals surface area contributed by atoms with E-state index in [2.05, 4.69) is 20.2 Å². The van der Waals surface area contributed by atoms with Crippen LogP contribution < -0.4 is 15.8 Å². The molecule has 11 nitrogen and oxygen atoms in total. The number of hydrogen-bond acceptors (Lipinski definition) is 8. The summed E-state index contributed by atoms with van der Waals surface area (Å²) in [6, 6.07) is 4.58. The van der Waals surface area contributed by atoms with Crippen LogP contribution in [0.3, 0.4) is 0 Å². The normalized spacial score (nSPS) is 13.4. The average Bonchev–Trinajstić information content (AvgIpc) is 3.27. The predicted molar refractivity (Wildman–Crippen MR) is 122 cm³/mol. The first kappa shape index (κ1) is 26.4. The third-order valence-corrected chi connectivity index (χ3v) is 6.35. The number of nitrogens with two attached hydrogens (primary N) is 1. The van der Waals surface area contributed by atoms with Gasteiger partial charge in [0, 0.05) is 11.1 Å². The largest absolute Gasteiger partial charge is 0.480 e.